The molecule has 1 saturated heterocycles. The fourth-order valence-corrected chi connectivity index (χ4v) is 5.37. The number of benzene rings is 2. The van der Waals surface area contributed by atoms with Crippen LogP contribution in [0.25, 0.3) is 10.4 Å². The van der Waals surface area contributed by atoms with Gasteiger partial charge in [-0.15, -0.1) is 11.3 Å². The molecule has 0 unspecified atom stereocenters. The lowest BCUT2D eigenvalue weighted by Crippen LogP contribution is -2.48. The number of aliphatic hydroxyl groups excluding tert-OH is 1. The molecule has 0 spiro atoms. The van der Waals surface area contributed by atoms with E-state index in [1.165, 1.54) is 21.6 Å². The van der Waals surface area contributed by atoms with Gasteiger partial charge in [-0.05, 0) is 55.0 Å². The molecule has 6 nitrogen and oxygen atoms in total. The number of nitrogens with zero attached hydrogens (tertiary/aromatic N) is 1. The van der Waals surface area contributed by atoms with Gasteiger partial charge in [0.15, 0.2) is 0 Å². The Bertz CT molecular complexity index is 1170. The van der Waals surface area contributed by atoms with Crippen LogP contribution < -0.4 is 10.1 Å². The van der Waals surface area contributed by atoms with Crippen molar-refractivity contribution in [2.45, 2.75) is 45.3 Å². The lowest BCUT2D eigenvalue weighted by atomic mass is 9.92. The summed E-state index contributed by atoms with van der Waals surface area (Å²) in [6, 6.07) is 10.2. The maximum Gasteiger partial charge on any atom is 0.255 e. The molecule has 0 bridgehead atoms. The lowest BCUT2D eigenvalue weighted by molar-refractivity contribution is -0.0261. The number of fused-ring (bicyclic) bond motifs is 1. The molecule has 7 heteroatoms. The number of aromatic nitrogens is 1. The van der Waals surface area contributed by atoms with Gasteiger partial charge in [0.2, 0.25) is 0 Å². The summed E-state index contributed by atoms with van der Waals surface area (Å²) in [7, 11) is 0. The largest absolute Gasteiger partial charge is 0.492 e. The highest BCUT2D eigenvalue weighted by molar-refractivity contribution is 7.15. The molecule has 1 amide bonds. The first-order valence-corrected chi connectivity index (χ1v) is 12.2. The second-order valence-corrected chi connectivity index (χ2v) is 9.98. The highest BCUT2D eigenvalue weighted by Gasteiger charge is 2.29. The van der Waals surface area contributed by atoms with Crippen molar-refractivity contribution in [1.29, 1.82) is 0 Å². The van der Waals surface area contributed by atoms with Crippen LogP contribution in [-0.2, 0) is 17.6 Å². The first-order valence-electron chi connectivity index (χ1n) is 11.4. The van der Waals surface area contributed by atoms with Crippen molar-refractivity contribution in [3.8, 4) is 16.2 Å². The van der Waals surface area contributed by atoms with E-state index in [1.54, 1.807) is 11.3 Å². The van der Waals surface area contributed by atoms with E-state index < -0.39 is 6.10 Å². The third-order valence-electron chi connectivity index (χ3n) is 6.51. The van der Waals surface area contributed by atoms with Gasteiger partial charge in [-0.2, -0.15) is 0 Å². The zero-order valence-electron chi connectivity index (χ0n) is 18.9. The maximum atomic E-state index is 13.2. The molecule has 1 aromatic heterocycles. The van der Waals surface area contributed by atoms with E-state index in [9.17, 15) is 9.90 Å². The quantitative estimate of drug-likeness (QED) is 0.600. The summed E-state index contributed by atoms with van der Waals surface area (Å²) in [6.07, 6.45) is 3.36. The van der Waals surface area contributed by atoms with Crippen LogP contribution in [0.5, 0.6) is 5.75 Å². The molecule has 0 saturated carbocycles. The van der Waals surface area contributed by atoms with Crippen LogP contribution in [0.1, 0.15) is 44.0 Å². The summed E-state index contributed by atoms with van der Waals surface area (Å²) in [5.41, 5.74) is 6.33. The standard InChI is InChI=1S/C26H28N2O4S/c1-15-19(11-17-3-5-18(6-4-17)24-13-27-16(2)33-24)12-21(25-20(15)7-10-32-25)26(30)28-22-8-9-31-14-23(22)29/h3-6,12-13,22-23,29H,7-11,14H2,1-2H3,(H,28,30)/t22-,23-/m0/s1. The molecule has 2 aliphatic heterocycles. The van der Waals surface area contributed by atoms with Crippen molar-refractivity contribution in [2.24, 2.45) is 0 Å². The predicted octanol–water partition coefficient (Wildman–Crippen LogP) is 3.83. The van der Waals surface area contributed by atoms with Gasteiger partial charge >= 0.3 is 0 Å². The molecule has 2 aromatic carbocycles. The minimum Gasteiger partial charge on any atom is -0.492 e. The van der Waals surface area contributed by atoms with Crippen LogP contribution in [0, 0.1) is 13.8 Å². The Balaban J connectivity index is 1.40. The van der Waals surface area contributed by atoms with E-state index >= 15 is 0 Å². The average Bonchev–Trinajstić information content (AvgIpc) is 3.47. The Labute approximate surface area is 197 Å². The fourth-order valence-electron chi connectivity index (χ4n) is 4.59. The van der Waals surface area contributed by atoms with E-state index in [0.717, 1.165) is 29.0 Å². The third kappa shape index (κ3) is 4.53. The van der Waals surface area contributed by atoms with Crippen molar-refractivity contribution < 1.29 is 19.4 Å². The number of rotatable bonds is 5. The normalized spacial score (nSPS) is 19.7. The van der Waals surface area contributed by atoms with Gasteiger partial charge in [0, 0.05) is 24.8 Å². The zero-order chi connectivity index (χ0) is 22.9. The van der Waals surface area contributed by atoms with Gasteiger partial charge < -0.3 is 19.9 Å². The number of aliphatic hydroxyl groups is 1. The Morgan fingerprint density at radius 3 is 2.79 bits per heavy atom. The zero-order valence-corrected chi connectivity index (χ0v) is 19.7. The summed E-state index contributed by atoms with van der Waals surface area (Å²) in [5, 5.41) is 14.2. The molecule has 2 atom stereocenters. The lowest BCUT2D eigenvalue weighted by Gasteiger charge is -2.28. The van der Waals surface area contributed by atoms with Crippen molar-refractivity contribution in [3.63, 3.8) is 0 Å². The van der Waals surface area contributed by atoms with Crippen LogP contribution in [0.4, 0.5) is 0 Å². The first-order chi connectivity index (χ1) is 16.0. The molecular weight excluding hydrogens is 436 g/mol. The number of hydrogen-bond donors (Lipinski definition) is 2. The molecule has 3 heterocycles. The van der Waals surface area contributed by atoms with Gasteiger partial charge in [-0.3, -0.25) is 4.79 Å². The van der Waals surface area contributed by atoms with Crippen LogP contribution in [0.3, 0.4) is 0 Å². The summed E-state index contributed by atoms with van der Waals surface area (Å²) in [4.78, 5) is 18.7. The predicted molar refractivity (Wildman–Crippen MR) is 128 cm³/mol. The molecular formula is C26H28N2O4S. The van der Waals surface area contributed by atoms with E-state index in [4.69, 9.17) is 9.47 Å². The molecule has 2 aliphatic rings. The van der Waals surface area contributed by atoms with Crippen molar-refractivity contribution in [3.05, 3.63) is 69.4 Å². The molecule has 2 N–H and O–H groups in total. The summed E-state index contributed by atoms with van der Waals surface area (Å²) < 4.78 is 11.2. The molecule has 3 aromatic rings. The fraction of sp³-hybridized carbons (Fsp3) is 0.385. The molecule has 0 radical (unpaired) electrons. The topological polar surface area (TPSA) is 80.7 Å². The van der Waals surface area contributed by atoms with Gasteiger partial charge in [-0.25, -0.2) is 4.98 Å². The smallest absolute Gasteiger partial charge is 0.255 e. The summed E-state index contributed by atoms with van der Waals surface area (Å²) in [6.45, 7) is 5.49. The van der Waals surface area contributed by atoms with Gasteiger partial charge in [-0.1, -0.05) is 24.3 Å². The monoisotopic (exact) mass is 464 g/mol. The molecule has 5 rings (SSSR count). The summed E-state index contributed by atoms with van der Waals surface area (Å²) in [5.74, 6) is 0.488. The number of carbonyl (C=O) groups excluding carboxylic acids is 1. The number of carbonyl (C=O) groups is 1. The SMILES string of the molecule is Cc1ncc(-c2ccc(Cc3cc(C(=O)N[C@H]4CCOC[C@@H]4O)c4c(c3C)CCO4)cc2)s1. The van der Waals surface area contributed by atoms with Gasteiger partial charge in [0.25, 0.3) is 5.91 Å². The Morgan fingerprint density at radius 1 is 1.24 bits per heavy atom. The molecule has 33 heavy (non-hydrogen) atoms. The second kappa shape index (κ2) is 9.25. The number of ether oxygens (including phenoxy) is 2. The minimum atomic E-state index is -0.692. The Morgan fingerprint density at radius 2 is 2.06 bits per heavy atom. The number of thiazole rings is 1. The minimum absolute atomic E-state index is 0.198. The number of hydrogen-bond acceptors (Lipinski definition) is 6. The first kappa shape index (κ1) is 22.1. The van der Waals surface area contributed by atoms with Crippen LogP contribution in [-0.4, -0.2) is 48.0 Å². The molecule has 0 aliphatic carbocycles. The van der Waals surface area contributed by atoms with Crippen molar-refractivity contribution in [2.75, 3.05) is 19.8 Å². The Kier molecular flexibility index (Phi) is 6.19. The highest BCUT2D eigenvalue weighted by Crippen LogP contribution is 2.36. The third-order valence-corrected chi connectivity index (χ3v) is 7.47. The van der Waals surface area contributed by atoms with Crippen molar-refractivity contribution in [1.82, 2.24) is 10.3 Å². The number of nitrogens with one attached hydrogen (secondary N) is 1. The van der Waals surface area contributed by atoms with Crippen LogP contribution in [0.2, 0.25) is 0 Å². The highest BCUT2D eigenvalue weighted by atomic mass is 32.1. The maximum absolute atomic E-state index is 13.2. The number of amides is 1. The summed E-state index contributed by atoms with van der Waals surface area (Å²) >= 11 is 1.69. The van der Waals surface area contributed by atoms with E-state index in [1.807, 2.05) is 19.2 Å². The molecule has 172 valence electrons. The van der Waals surface area contributed by atoms with Gasteiger partial charge in [0.1, 0.15) is 5.75 Å². The number of aryl methyl sites for hydroxylation is 1. The van der Waals surface area contributed by atoms with E-state index in [0.29, 0.717) is 30.9 Å². The van der Waals surface area contributed by atoms with Crippen LogP contribution in [0.15, 0.2) is 36.5 Å². The second-order valence-electron chi connectivity index (χ2n) is 8.74. The Hall–Kier alpha value is -2.74. The van der Waals surface area contributed by atoms with E-state index in [-0.39, 0.29) is 18.6 Å². The van der Waals surface area contributed by atoms with Gasteiger partial charge in [0.05, 0.1) is 40.8 Å². The van der Waals surface area contributed by atoms with Crippen molar-refractivity contribution >= 4 is 17.2 Å². The van der Waals surface area contributed by atoms with E-state index in [2.05, 4.69) is 41.5 Å². The van der Waals surface area contributed by atoms with Crippen LogP contribution >= 0.6 is 11.3 Å². The molecule has 1 fully saturated rings. The average molecular weight is 465 g/mol.